The highest BCUT2D eigenvalue weighted by molar-refractivity contribution is 5.90. The van der Waals surface area contributed by atoms with Gasteiger partial charge in [0, 0.05) is 64.4 Å². The molecule has 0 aromatic heterocycles. The molecule has 1 aliphatic heterocycles. The molecule has 1 aromatic rings. The van der Waals surface area contributed by atoms with Gasteiger partial charge in [-0.1, -0.05) is 98.6 Å². The second-order valence-electron chi connectivity index (χ2n) is 17.4. The predicted molar refractivity (Wildman–Crippen MR) is 228 cm³/mol. The van der Waals surface area contributed by atoms with Crippen molar-refractivity contribution in [1.29, 1.82) is 0 Å². The standard InChI is InChI=1S/C46H78N4O7/c1-14-20-32(8)48-45(54)35(25-34-21-17-16-18-22-34)26-38(51)33(9)44(57-13)37-23-19-24-50(37)41(53)28-40(56-12)43(31(7)15-2)49(11)46(55)36(29(3)4)27-39(52)42(47-10)30(5)6/h16-18,21-22,29-33,35-37,40,42-44,47H,14-15,19-20,23-28H2,1-13H3,(H,48,54)/t31-,32?,33-,35+,36-,37-,40+,42-,43-,44+/m0/s1. The molecule has 2 rings (SSSR count). The second-order valence-corrected chi connectivity index (χ2v) is 17.4. The Morgan fingerprint density at radius 3 is 2.05 bits per heavy atom. The van der Waals surface area contributed by atoms with Crippen molar-refractivity contribution in [2.75, 3.05) is 34.9 Å². The average molecular weight is 799 g/mol. The van der Waals surface area contributed by atoms with Crippen LogP contribution in [-0.4, -0.2) is 110 Å². The third-order valence-corrected chi connectivity index (χ3v) is 12.5. The van der Waals surface area contributed by atoms with E-state index in [1.165, 1.54) is 0 Å². The SMILES string of the molecule is CCCC(C)NC(=O)[C@@H](CC(=O)[C@H](C)[C@@H](OC)[C@@H]1CCCN1C(=O)C[C@@H](OC)[C@H]([C@@H](C)CC)N(C)C(=O)[C@@H](CC(=O)[C@@H](NC)C(C)C)C(C)C)Cc1ccccc1. The van der Waals surface area contributed by atoms with E-state index in [-0.39, 0.29) is 84.4 Å². The molecule has 1 saturated heterocycles. The highest BCUT2D eigenvalue weighted by Gasteiger charge is 2.43. The van der Waals surface area contributed by atoms with Crippen LogP contribution in [0.5, 0.6) is 0 Å². The number of amides is 3. The maximum absolute atomic E-state index is 14.3. The van der Waals surface area contributed by atoms with Crippen LogP contribution < -0.4 is 10.6 Å². The molecule has 1 unspecified atom stereocenters. The van der Waals surface area contributed by atoms with Crippen molar-refractivity contribution in [3.8, 4) is 0 Å². The molecule has 0 radical (unpaired) electrons. The summed E-state index contributed by atoms with van der Waals surface area (Å²) in [6.07, 6.45) is 3.56. The maximum atomic E-state index is 14.3. The number of ether oxygens (including phenoxy) is 2. The summed E-state index contributed by atoms with van der Waals surface area (Å²) in [5.41, 5.74) is 0.995. The molecule has 324 valence electrons. The Bertz CT molecular complexity index is 1400. The summed E-state index contributed by atoms with van der Waals surface area (Å²) in [6, 6.07) is 8.70. The number of likely N-dealkylation sites (tertiary alicyclic amines) is 1. The van der Waals surface area contributed by atoms with E-state index in [1.54, 1.807) is 33.2 Å². The van der Waals surface area contributed by atoms with E-state index in [2.05, 4.69) is 31.4 Å². The number of methoxy groups -OCH3 is 2. The van der Waals surface area contributed by atoms with Gasteiger partial charge in [0.2, 0.25) is 17.7 Å². The number of likely N-dealkylation sites (N-methyl/N-ethyl adjacent to an activating group) is 2. The van der Waals surface area contributed by atoms with Gasteiger partial charge < -0.3 is 29.9 Å². The zero-order valence-corrected chi connectivity index (χ0v) is 37.6. The van der Waals surface area contributed by atoms with Crippen molar-refractivity contribution in [2.24, 2.45) is 35.5 Å². The van der Waals surface area contributed by atoms with Crippen LogP contribution in [0.3, 0.4) is 0 Å². The van der Waals surface area contributed by atoms with Gasteiger partial charge in [-0.2, -0.15) is 0 Å². The fourth-order valence-electron chi connectivity index (χ4n) is 8.87. The van der Waals surface area contributed by atoms with Crippen molar-refractivity contribution in [3.05, 3.63) is 35.9 Å². The van der Waals surface area contributed by atoms with Crippen LogP contribution >= 0.6 is 0 Å². The van der Waals surface area contributed by atoms with E-state index in [1.807, 2.05) is 76.8 Å². The summed E-state index contributed by atoms with van der Waals surface area (Å²) in [6.45, 7) is 18.5. The minimum absolute atomic E-state index is 0.00525. The van der Waals surface area contributed by atoms with E-state index in [9.17, 15) is 24.0 Å². The monoisotopic (exact) mass is 799 g/mol. The smallest absolute Gasteiger partial charge is 0.226 e. The number of rotatable bonds is 26. The zero-order valence-electron chi connectivity index (χ0n) is 37.6. The fourth-order valence-corrected chi connectivity index (χ4v) is 8.87. The van der Waals surface area contributed by atoms with Crippen LogP contribution in [0.2, 0.25) is 0 Å². The molecule has 10 atom stereocenters. The number of carbonyl (C=O) groups excluding carboxylic acids is 5. The lowest BCUT2D eigenvalue weighted by Crippen LogP contribution is -2.54. The molecule has 11 heteroatoms. The van der Waals surface area contributed by atoms with Crippen molar-refractivity contribution in [3.63, 3.8) is 0 Å². The number of hydrogen-bond acceptors (Lipinski definition) is 8. The molecule has 1 aromatic carbocycles. The molecule has 11 nitrogen and oxygen atoms in total. The molecule has 3 amide bonds. The van der Waals surface area contributed by atoms with E-state index in [4.69, 9.17) is 9.47 Å². The third kappa shape index (κ3) is 14.3. The second kappa shape index (κ2) is 24.7. The summed E-state index contributed by atoms with van der Waals surface area (Å²) >= 11 is 0. The molecule has 1 fully saturated rings. The van der Waals surface area contributed by atoms with Gasteiger partial charge in [0.1, 0.15) is 5.78 Å². The Hall–Kier alpha value is -3.15. The fraction of sp³-hybridized carbons (Fsp3) is 0.761. The first-order valence-electron chi connectivity index (χ1n) is 21.7. The van der Waals surface area contributed by atoms with Gasteiger partial charge in [0.05, 0.1) is 36.8 Å². The Morgan fingerprint density at radius 1 is 0.877 bits per heavy atom. The van der Waals surface area contributed by atoms with E-state index >= 15 is 0 Å². The van der Waals surface area contributed by atoms with Crippen LogP contribution in [-0.2, 0) is 39.9 Å². The van der Waals surface area contributed by atoms with Gasteiger partial charge in [-0.25, -0.2) is 0 Å². The Morgan fingerprint density at radius 2 is 1.53 bits per heavy atom. The van der Waals surface area contributed by atoms with E-state index < -0.39 is 36.0 Å². The molecule has 1 aliphatic rings. The normalized spacial score (nSPS) is 19.3. The van der Waals surface area contributed by atoms with Gasteiger partial charge in [-0.15, -0.1) is 0 Å². The summed E-state index contributed by atoms with van der Waals surface area (Å²) in [5.74, 6) is -1.99. The number of benzene rings is 1. The largest absolute Gasteiger partial charge is 0.379 e. The minimum atomic E-state index is -0.598. The Balaban J connectivity index is 2.30. The van der Waals surface area contributed by atoms with Crippen molar-refractivity contribution in [2.45, 2.75) is 156 Å². The lowest BCUT2D eigenvalue weighted by Gasteiger charge is -2.41. The molecule has 57 heavy (non-hydrogen) atoms. The summed E-state index contributed by atoms with van der Waals surface area (Å²) in [5, 5.41) is 6.25. The van der Waals surface area contributed by atoms with Gasteiger partial charge in [-0.3, -0.25) is 24.0 Å². The first-order chi connectivity index (χ1) is 27.0. The van der Waals surface area contributed by atoms with E-state index in [0.29, 0.717) is 19.4 Å². The van der Waals surface area contributed by atoms with Crippen LogP contribution in [0.1, 0.15) is 119 Å². The first kappa shape index (κ1) is 50.0. The number of nitrogens with zero attached hydrogens (tertiary/aromatic N) is 2. The van der Waals surface area contributed by atoms with Crippen molar-refractivity contribution in [1.82, 2.24) is 20.4 Å². The van der Waals surface area contributed by atoms with Gasteiger partial charge in [0.25, 0.3) is 0 Å². The molecule has 0 bridgehead atoms. The molecule has 2 N–H and O–H groups in total. The molecular weight excluding hydrogens is 721 g/mol. The predicted octanol–water partition coefficient (Wildman–Crippen LogP) is 6.51. The third-order valence-electron chi connectivity index (χ3n) is 12.5. The van der Waals surface area contributed by atoms with Gasteiger partial charge in [-0.05, 0) is 63.0 Å². The number of nitrogens with one attached hydrogen (secondary N) is 2. The number of Topliss-reactive ketones (excluding diaryl/α,β-unsaturated/α-hetero) is 2. The number of carbonyl (C=O) groups is 5. The maximum Gasteiger partial charge on any atom is 0.226 e. The van der Waals surface area contributed by atoms with Crippen LogP contribution in [0.25, 0.3) is 0 Å². The highest BCUT2D eigenvalue weighted by Crippen LogP contribution is 2.32. The van der Waals surface area contributed by atoms with Crippen LogP contribution in [0.4, 0.5) is 0 Å². The van der Waals surface area contributed by atoms with E-state index in [0.717, 1.165) is 31.2 Å². The van der Waals surface area contributed by atoms with Crippen LogP contribution in [0, 0.1) is 35.5 Å². The molecular formula is C46H78N4O7. The lowest BCUT2D eigenvalue weighted by molar-refractivity contribution is -0.149. The summed E-state index contributed by atoms with van der Waals surface area (Å²) in [7, 11) is 6.72. The zero-order chi connectivity index (χ0) is 43.0. The number of ketones is 2. The molecule has 1 heterocycles. The molecule has 0 aliphatic carbocycles. The van der Waals surface area contributed by atoms with Crippen molar-refractivity contribution < 1.29 is 33.4 Å². The summed E-state index contributed by atoms with van der Waals surface area (Å²) < 4.78 is 12.1. The lowest BCUT2D eigenvalue weighted by atomic mass is 9.84. The Labute approximate surface area is 345 Å². The minimum Gasteiger partial charge on any atom is -0.379 e. The Kier molecular flexibility index (Phi) is 21.7. The average Bonchev–Trinajstić information content (AvgIpc) is 3.66. The van der Waals surface area contributed by atoms with Crippen LogP contribution in [0.15, 0.2) is 30.3 Å². The highest BCUT2D eigenvalue weighted by atomic mass is 16.5. The van der Waals surface area contributed by atoms with Gasteiger partial charge >= 0.3 is 0 Å². The molecule has 0 spiro atoms. The first-order valence-corrected chi connectivity index (χ1v) is 21.7. The van der Waals surface area contributed by atoms with Crippen molar-refractivity contribution >= 4 is 29.3 Å². The summed E-state index contributed by atoms with van der Waals surface area (Å²) in [4.78, 5) is 73.1. The molecule has 0 saturated carbocycles. The topological polar surface area (TPSA) is 134 Å². The quantitative estimate of drug-likeness (QED) is 0.109. The van der Waals surface area contributed by atoms with Gasteiger partial charge in [0.15, 0.2) is 5.78 Å². The number of hydrogen-bond donors (Lipinski definition) is 2.